The summed E-state index contributed by atoms with van der Waals surface area (Å²) in [6.07, 6.45) is -0.0181. The van der Waals surface area contributed by atoms with Crippen molar-refractivity contribution in [1.82, 2.24) is 0 Å². The van der Waals surface area contributed by atoms with Gasteiger partial charge < -0.3 is 20.3 Å². The summed E-state index contributed by atoms with van der Waals surface area (Å²) < 4.78 is 4.92. The molecule has 0 spiro atoms. The highest BCUT2D eigenvalue weighted by Crippen LogP contribution is 2.29. The summed E-state index contributed by atoms with van der Waals surface area (Å²) in [5.74, 6) is 4.03. The first-order chi connectivity index (χ1) is 11.2. The van der Waals surface area contributed by atoms with Crippen LogP contribution < -0.4 is 5.32 Å². The van der Waals surface area contributed by atoms with Gasteiger partial charge in [-0.3, -0.25) is 4.79 Å². The third kappa shape index (κ3) is 3.75. The number of rotatable bonds is 5. The molecule has 1 aliphatic rings. The standard InChI is InChI=1S/C18H21NO5/c1-4-7-18(23,10-17(2,3)11-20)16(22)19-13-5-6-14-12(8-13)9-24-15(14)21/h5-6,8,20,23H,9-11H2,1-3H3,(H,19,22). The summed E-state index contributed by atoms with van der Waals surface area (Å²) in [5.41, 5.74) is -1.01. The van der Waals surface area contributed by atoms with Crippen molar-refractivity contribution in [3.05, 3.63) is 29.3 Å². The Bertz CT molecular complexity index is 729. The molecule has 1 aliphatic heterocycles. The molecule has 6 nitrogen and oxygen atoms in total. The van der Waals surface area contributed by atoms with Crippen LogP contribution in [0.3, 0.4) is 0 Å². The number of nitrogens with one attached hydrogen (secondary N) is 1. The zero-order chi connectivity index (χ0) is 18.0. The molecule has 1 unspecified atom stereocenters. The lowest BCUT2D eigenvalue weighted by atomic mass is 9.80. The summed E-state index contributed by atoms with van der Waals surface area (Å²) in [6, 6.07) is 4.78. The lowest BCUT2D eigenvalue weighted by Gasteiger charge is -2.30. The molecule has 0 bridgehead atoms. The lowest BCUT2D eigenvalue weighted by Crippen LogP contribution is -2.45. The number of anilines is 1. The molecular weight excluding hydrogens is 310 g/mol. The minimum atomic E-state index is -1.92. The van der Waals surface area contributed by atoms with E-state index in [1.165, 1.54) is 6.92 Å². The first-order valence-corrected chi connectivity index (χ1v) is 7.59. The fraction of sp³-hybridized carbons (Fsp3) is 0.444. The van der Waals surface area contributed by atoms with Gasteiger partial charge in [0, 0.05) is 24.3 Å². The van der Waals surface area contributed by atoms with Crippen LogP contribution in [0.2, 0.25) is 0 Å². The second kappa shape index (κ2) is 6.63. The summed E-state index contributed by atoms with van der Waals surface area (Å²) in [5, 5.41) is 22.7. The first-order valence-electron chi connectivity index (χ1n) is 7.59. The molecule has 6 heteroatoms. The topological polar surface area (TPSA) is 95.9 Å². The predicted octanol–water partition coefficient (Wildman–Crippen LogP) is 1.46. The Morgan fingerprint density at radius 2 is 2.12 bits per heavy atom. The van der Waals surface area contributed by atoms with Gasteiger partial charge >= 0.3 is 5.97 Å². The molecule has 24 heavy (non-hydrogen) atoms. The van der Waals surface area contributed by atoms with Gasteiger partial charge in [0.05, 0.1) is 5.56 Å². The number of hydrogen-bond acceptors (Lipinski definition) is 5. The van der Waals surface area contributed by atoms with Crippen molar-refractivity contribution in [3.8, 4) is 11.8 Å². The molecule has 1 aromatic rings. The van der Waals surface area contributed by atoms with Gasteiger partial charge in [0.2, 0.25) is 5.60 Å². The van der Waals surface area contributed by atoms with Crippen LogP contribution in [0.1, 0.15) is 43.1 Å². The lowest BCUT2D eigenvalue weighted by molar-refractivity contribution is -0.131. The van der Waals surface area contributed by atoms with Crippen molar-refractivity contribution in [2.75, 3.05) is 11.9 Å². The number of hydrogen-bond donors (Lipinski definition) is 3. The molecule has 0 radical (unpaired) electrons. The van der Waals surface area contributed by atoms with E-state index in [-0.39, 0.29) is 25.6 Å². The number of fused-ring (bicyclic) bond motifs is 1. The van der Waals surface area contributed by atoms with Gasteiger partial charge in [-0.1, -0.05) is 19.8 Å². The minimum absolute atomic E-state index is 0.0181. The fourth-order valence-electron chi connectivity index (χ4n) is 2.58. The molecule has 1 amide bonds. The van der Waals surface area contributed by atoms with Crippen LogP contribution in [0.15, 0.2) is 18.2 Å². The third-order valence-electron chi connectivity index (χ3n) is 3.81. The Hall–Kier alpha value is -2.36. The minimum Gasteiger partial charge on any atom is -0.457 e. The van der Waals surface area contributed by atoms with Gasteiger partial charge in [-0.25, -0.2) is 4.79 Å². The third-order valence-corrected chi connectivity index (χ3v) is 3.81. The van der Waals surface area contributed by atoms with Gasteiger partial charge in [-0.2, -0.15) is 0 Å². The number of aliphatic hydroxyl groups is 2. The number of benzene rings is 1. The summed E-state index contributed by atoms with van der Waals surface area (Å²) in [7, 11) is 0. The number of carbonyl (C=O) groups is 2. The molecule has 2 rings (SSSR count). The molecule has 0 aromatic heterocycles. The second-order valence-corrected chi connectivity index (χ2v) is 6.64. The van der Waals surface area contributed by atoms with Crippen LogP contribution in [0.4, 0.5) is 5.69 Å². The highest BCUT2D eigenvalue weighted by atomic mass is 16.5. The Balaban J connectivity index is 2.22. The zero-order valence-electron chi connectivity index (χ0n) is 14.0. The summed E-state index contributed by atoms with van der Waals surface area (Å²) in [6.45, 7) is 4.98. The first kappa shape index (κ1) is 18.0. The van der Waals surface area contributed by atoms with Crippen LogP contribution in [0, 0.1) is 17.3 Å². The molecular formula is C18H21NO5. The van der Waals surface area contributed by atoms with Gasteiger partial charge in [0.15, 0.2) is 0 Å². The fourth-order valence-corrected chi connectivity index (χ4v) is 2.58. The van der Waals surface area contributed by atoms with E-state index in [4.69, 9.17) is 4.74 Å². The maximum absolute atomic E-state index is 12.5. The molecule has 1 aromatic carbocycles. The zero-order valence-corrected chi connectivity index (χ0v) is 14.0. The Kier molecular flexibility index (Phi) is 4.97. The largest absolute Gasteiger partial charge is 0.457 e. The van der Waals surface area contributed by atoms with Crippen molar-refractivity contribution >= 4 is 17.6 Å². The smallest absolute Gasteiger partial charge is 0.338 e. The average Bonchev–Trinajstić information content (AvgIpc) is 2.88. The van der Waals surface area contributed by atoms with E-state index in [9.17, 15) is 19.8 Å². The summed E-state index contributed by atoms with van der Waals surface area (Å²) >= 11 is 0. The summed E-state index contributed by atoms with van der Waals surface area (Å²) in [4.78, 5) is 24.0. The molecule has 0 aliphatic carbocycles. The maximum Gasteiger partial charge on any atom is 0.338 e. The Morgan fingerprint density at radius 3 is 2.75 bits per heavy atom. The van der Waals surface area contributed by atoms with Crippen molar-refractivity contribution in [1.29, 1.82) is 0 Å². The van der Waals surface area contributed by atoms with E-state index < -0.39 is 16.9 Å². The van der Waals surface area contributed by atoms with Gasteiger partial charge in [-0.15, -0.1) is 5.92 Å². The van der Waals surface area contributed by atoms with Crippen LogP contribution >= 0.6 is 0 Å². The Morgan fingerprint density at radius 1 is 1.42 bits per heavy atom. The van der Waals surface area contributed by atoms with Crippen LogP contribution in [-0.4, -0.2) is 34.3 Å². The van der Waals surface area contributed by atoms with E-state index in [0.717, 1.165) is 0 Å². The molecule has 0 fully saturated rings. The van der Waals surface area contributed by atoms with Crippen molar-refractivity contribution in [2.24, 2.45) is 5.41 Å². The molecule has 1 heterocycles. The van der Waals surface area contributed by atoms with Gasteiger partial charge in [0.1, 0.15) is 6.61 Å². The molecule has 0 saturated heterocycles. The normalized spacial score (nSPS) is 15.6. The van der Waals surface area contributed by atoms with Crippen molar-refractivity contribution in [2.45, 2.75) is 39.4 Å². The number of esters is 1. The second-order valence-electron chi connectivity index (χ2n) is 6.64. The van der Waals surface area contributed by atoms with Crippen LogP contribution in [0.25, 0.3) is 0 Å². The average molecular weight is 331 g/mol. The SMILES string of the molecule is CC#CC(O)(CC(C)(C)CO)C(=O)Nc1ccc2c(c1)COC2=O. The monoisotopic (exact) mass is 331 g/mol. The number of aliphatic hydroxyl groups excluding tert-OH is 1. The maximum atomic E-state index is 12.5. The number of amides is 1. The highest BCUT2D eigenvalue weighted by molar-refractivity contribution is 6.00. The van der Waals surface area contributed by atoms with Gasteiger partial charge in [0.25, 0.3) is 5.91 Å². The van der Waals surface area contributed by atoms with E-state index in [0.29, 0.717) is 16.8 Å². The number of ether oxygens (including phenoxy) is 1. The van der Waals surface area contributed by atoms with E-state index in [2.05, 4.69) is 17.2 Å². The molecule has 0 saturated carbocycles. The van der Waals surface area contributed by atoms with Crippen molar-refractivity contribution < 1.29 is 24.5 Å². The molecule has 1 atom stereocenters. The Labute approximate surface area is 140 Å². The quantitative estimate of drug-likeness (QED) is 0.561. The van der Waals surface area contributed by atoms with Crippen LogP contribution in [0.5, 0.6) is 0 Å². The predicted molar refractivity (Wildman–Crippen MR) is 88.1 cm³/mol. The number of carbonyl (C=O) groups excluding carboxylic acids is 2. The van der Waals surface area contributed by atoms with E-state index in [1.54, 1.807) is 32.0 Å². The highest BCUT2D eigenvalue weighted by Gasteiger charge is 2.40. The van der Waals surface area contributed by atoms with Gasteiger partial charge in [-0.05, 0) is 30.5 Å². The van der Waals surface area contributed by atoms with E-state index >= 15 is 0 Å². The molecule has 3 N–H and O–H groups in total. The molecule has 128 valence electrons. The number of cyclic esters (lactones) is 1. The van der Waals surface area contributed by atoms with Crippen molar-refractivity contribution in [3.63, 3.8) is 0 Å². The van der Waals surface area contributed by atoms with E-state index in [1.807, 2.05) is 0 Å². The van der Waals surface area contributed by atoms with Crippen LogP contribution in [-0.2, 0) is 16.1 Å².